The Kier molecular flexibility index (Phi) is 3.70. The van der Waals surface area contributed by atoms with Crippen LogP contribution in [0.4, 0.5) is 13.2 Å². The van der Waals surface area contributed by atoms with Crippen LogP contribution in [0.5, 0.6) is 0 Å². The van der Waals surface area contributed by atoms with Crippen molar-refractivity contribution in [1.82, 2.24) is 0 Å². The Bertz CT molecular complexity index is 489. The fourth-order valence-electron chi connectivity index (χ4n) is 0.950. The van der Waals surface area contributed by atoms with E-state index >= 15 is 0 Å². The summed E-state index contributed by atoms with van der Waals surface area (Å²) in [7, 11) is 0. The molecule has 1 N–H and O–H groups in total. The average Bonchev–Trinajstić information content (AvgIpc) is 2.27. The van der Waals surface area contributed by atoms with Gasteiger partial charge in [0, 0.05) is 0 Å². The van der Waals surface area contributed by atoms with E-state index in [9.17, 15) is 27.6 Å². The lowest BCUT2D eigenvalue weighted by atomic mass is 10.1. The second-order valence-corrected chi connectivity index (χ2v) is 3.06. The molecule has 0 aromatic heterocycles. The Morgan fingerprint density at radius 1 is 1.00 bits per heavy atom. The van der Waals surface area contributed by atoms with Crippen molar-refractivity contribution in [2.75, 3.05) is 0 Å². The molecule has 96 valence electrons. The van der Waals surface area contributed by atoms with Gasteiger partial charge in [-0.3, -0.25) is 0 Å². The maximum Gasteiger partial charge on any atom is 0.491 e. The van der Waals surface area contributed by atoms with Crippen LogP contribution in [-0.4, -0.2) is 29.2 Å². The van der Waals surface area contributed by atoms with E-state index in [2.05, 4.69) is 4.74 Å². The van der Waals surface area contributed by atoms with Gasteiger partial charge < -0.3 is 9.84 Å². The zero-order valence-corrected chi connectivity index (χ0v) is 8.52. The summed E-state index contributed by atoms with van der Waals surface area (Å²) in [4.78, 5) is 31.9. The van der Waals surface area contributed by atoms with Gasteiger partial charge in [0.1, 0.15) is 0 Å². The normalized spacial score (nSPS) is 10.8. The quantitative estimate of drug-likeness (QED) is 0.647. The molecule has 0 amide bonds. The lowest BCUT2D eigenvalue weighted by Gasteiger charge is -2.05. The van der Waals surface area contributed by atoms with E-state index in [-0.39, 0.29) is 11.1 Å². The predicted octanol–water partition coefficient (Wildman–Crippen LogP) is 1.63. The minimum absolute atomic E-state index is 0.159. The third kappa shape index (κ3) is 3.30. The number of carbonyl (C=O) groups excluding carboxylic acids is 2. The summed E-state index contributed by atoms with van der Waals surface area (Å²) in [5.74, 6) is -5.40. The number of esters is 2. The monoisotopic (exact) mass is 262 g/mol. The molecule has 1 aromatic rings. The highest BCUT2D eigenvalue weighted by Crippen LogP contribution is 2.17. The van der Waals surface area contributed by atoms with Crippen LogP contribution in [-0.2, 0) is 9.53 Å². The number of carboxylic acids is 1. The molecular weight excluding hydrogens is 257 g/mol. The Balaban J connectivity index is 2.80. The van der Waals surface area contributed by atoms with E-state index in [1.807, 2.05) is 0 Å². The zero-order chi connectivity index (χ0) is 13.9. The summed E-state index contributed by atoms with van der Waals surface area (Å²) in [6.07, 6.45) is -5.27. The first kappa shape index (κ1) is 13.7. The number of hydrogen-bond acceptors (Lipinski definition) is 4. The van der Waals surface area contributed by atoms with Gasteiger partial charge in [-0.15, -0.1) is 0 Å². The summed E-state index contributed by atoms with van der Waals surface area (Å²) >= 11 is 0. The summed E-state index contributed by atoms with van der Waals surface area (Å²) in [5, 5.41) is 8.55. The van der Waals surface area contributed by atoms with Crippen LogP contribution in [0.15, 0.2) is 24.3 Å². The molecule has 0 aliphatic heterocycles. The van der Waals surface area contributed by atoms with E-state index < -0.39 is 24.1 Å². The lowest BCUT2D eigenvalue weighted by Crippen LogP contribution is -2.28. The molecule has 0 fully saturated rings. The van der Waals surface area contributed by atoms with Crippen LogP contribution in [0.1, 0.15) is 20.7 Å². The molecule has 0 saturated heterocycles. The topological polar surface area (TPSA) is 80.7 Å². The number of aromatic carboxylic acids is 1. The highest BCUT2D eigenvalue weighted by molar-refractivity contribution is 5.98. The molecule has 1 rings (SSSR count). The molecule has 0 unspecified atom stereocenters. The maximum atomic E-state index is 11.8. The lowest BCUT2D eigenvalue weighted by molar-refractivity contribution is -0.193. The number of rotatable bonds is 2. The fourth-order valence-corrected chi connectivity index (χ4v) is 0.950. The molecule has 18 heavy (non-hydrogen) atoms. The number of hydrogen-bond donors (Lipinski definition) is 1. The molecule has 1 aromatic carbocycles. The van der Waals surface area contributed by atoms with Gasteiger partial charge in [0.15, 0.2) is 0 Å². The average molecular weight is 262 g/mol. The van der Waals surface area contributed by atoms with Gasteiger partial charge in [-0.1, -0.05) is 0 Å². The molecule has 0 radical (unpaired) electrons. The molecule has 0 bridgehead atoms. The van der Waals surface area contributed by atoms with Crippen molar-refractivity contribution in [1.29, 1.82) is 0 Å². The first-order valence-electron chi connectivity index (χ1n) is 4.38. The van der Waals surface area contributed by atoms with Crippen molar-refractivity contribution in [3.8, 4) is 0 Å². The predicted molar refractivity (Wildman–Crippen MR) is 49.9 cm³/mol. The first-order chi connectivity index (χ1) is 8.21. The Hall–Kier alpha value is -2.38. The molecule has 0 atom stereocenters. The Morgan fingerprint density at radius 2 is 1.44 bits per heavy atom. The van der Waals surface area contributed by atoms with Crippen LogP contribution < -0.4 is 0 Å². The number of benzene rings is 1. The van der Waals surface area contributed by atoms with Crippen LogP contribution >= 0.6 is 0 Å². The van der Waals surface area contributed by atoms with E-state index in [4.69, 9.17) is 5.11 Å². The highest BCUT2D eigenvalue weighted by atomic mass is 19.4. The zero-order valence-electron chi connectivity index (χ0n) is 8.52. The third-order valence-electron chi connectivity index (χ3n) is 1.78. The summed E-state index contributed by atoms with van der Waals surface area (Å²) in [6, 6.07) is 3.87. The Labute approximate surface area is 97.8 Å². The number of ether oxygens (including phenoxy) is 1. The van der Waals surface area contributed by atoms with Gasteiger partial charge >= 0.3 is 24.1 Å². The van der Waals surface area contributed by atoms with Gasteiger partial charge in [0.05, 0.1) is 11.1 Å². The molecule has 5 nitrogen and oxygen atoms in total. The van der Waals surface area contributed by atoms with Gasteiger partial charge in [-0.05, 0) is 24.3 Å². The number of carboxylic acid groups (broad SMARTS) is 1. The SMILES string of the molecule is O=C(O)c1ccc(C(=O)OC(=O)C(F)(F)F)cc1. The van der Waals surface area contributed by atoms with E-state index in [0.717, 1.165) is 24.3 Å². The summed E-state index contributed by atoms with van der Waals surface area (Å²) in [5.41, 5.74) is -0.522. The second kappa shape index (κ2) is 4.86. The highest BCUT2D eigenvalue weighted by Gasteiger charge is 2.42. The summed E-state index contributed by atoms with van der Waals surface area (Å²) < 4.78 is 38.9. The Morgan fingerprint density at radius 3 is 1.83 bits per heavy atom. The second-order valence-electron chi connectivity index (χ2n) is 3.06. The molecule has 0 saturated carbocycles. The van der Waals surface area contributed by atoms with Crippen LogP contribution in [0.25, 0.3) is 0 Å². The largest absolute Gasteiger partial charge is 0.491 e. The molecule has 0 aliphatic carbocycles. The van der Waals surface area contributed by atoms with Crippen molar-refractivity contribution in [2.45, 2.75) is 6.18 Å². The first-order valence-corrected chi connectivity index (χ1v) is 4.38. The molecular formula is C10H5F3O5. The van der Waals surface area contributed by atoms with E-state index in [1.54, 1.807) is 0 Å². The van der Waals surface area contributed by atoms with Crippen molar-refractivity contribution < 1.29 is 37.4 Å². The van der Waals surface area contributed by atoms with Crippen LogP contribution in [0.2, 0.25) is 0 Å². The minimum Gasteiger partial charge on any atom is -0.478 e. The molecule has 0 spiro atoms. The number of alkyl halides is 3. The number of carbonyl (C=O) groups is 3. The van der Waals surface area contributed by atoms with Gasteiger partial charge in [-0.2, -0.15) is 13.2 Å². The van der Waals surface area contributed by atoms with Crippen LogP contribution in [0.3, 0.4) is 0 Å². The van der Waals surface area contributed by atoms with Crippen molar-refractivity contribution in [2.24, 2.45) is 0 Å². The number of halogens is 3. The van der Waals surface area contributed by atoms with Crippen molar-refractivity contribution in [3.05, 3.63) is 35.4 Å². The van der Waals surface area contributed by atoms with Crippen molar-refractivity contribution >= 4 is 17.9 Å². The van der Waals surface area contributed by atoms with Gasteiger partial charge in [0.2, 0.25) is 0 Å². The summed E-state index contributed by atoms with van der Waals surface area (Å²) in [6.45, 7) is 0. The van der Waals surface area contributed by atoms with Gasteiger partial charge in [-0.25, -0.2) is 14.4 Å². The molecule has 0 aliphatic rings. The molecule has 0 heterocycles. The molecule has 8 heteroatoms. The van der Waals surface area contributed by atoms with E-state index in [0.29, 0.717) is 0 Å². The minimum atomic E-state index is -5.27. The standard InChI is InChI=1S/C10H5F3O5/c11-10(12,13)9(17)18-8(16)6-3-1-5(2-4-6)7(14)15/h1-4H,(H,14,15). The van der Waals surface area contributed by atoms with Crippen molar-refractivity contribution in [3.63, 3.8) is 0 Å². The smallest absolute Gasteiger partial charge is 0.478 e. The fraction of sp³-hybridized carbons (Fsp3) is 0.100. The van der Waals surface area contributed by atoms with Crippen LogP contribution in [0, 0.1) is 0 Å². The van der Waals surface area contributed by atoms with Gasteiger partial charge in [0.25, 0.3) is 0 Å². The third-order valence-corrected chi connectivity index (χ3v) is 1.78. The maximum absolute atomic E-state index is 11.8. The van der Waals surface area contributed by atoms with E-state index in [1.165, 1.54) is 0 Å².